The van der Waals surface area contributed by atoms with Gasteiger partial charge in [0.25, 0.3) is 0 Å². The summed E-state index contributed by atoms with van der Waals surface area (Å²) >= 11 is 0. The van der Waals surface area contributed by atoms with Gasteiger partial charge in [-0.25, -0.2) is 8.78 Å². The molecule has 0 aliphatic heterocycles. The number of ether oxygens (including phenoxy) is 2. The molecule has 0 spiro atoms. The summed E-state index contributed by atoms with van der Waals surface area (Å²) in [6, 6.07) is 7.68. The van der Waals surface area contributed by atoms with E-state index in [0.717, 1.165) is 0 Å². The molecule has 1 unspecified atom stereocenters. The number of methoxy groups -OCH3 is 2. The minimum atomic E-state index is -1.40. The number of halogens is 2. The van der Waals surface area contributed by atoms with Crippen LogP contribution in [0.5, 0.6) is 11.5 Å². The first-order valence-electron chi connectivity index (χ1n) is 6.34. The van der Waals surface area contributed by atoms with Crippen molar-refractivity contribution in [3.8, 4) is 11.5 Å². The van der Waals surface area contributed by atoms with Crippen LogP contribution in [0, 0.1) is 18.6 Å². The Morgan fingerprint density at radius 2 is 1.52 bits per heavy atom. The summed E-state index contributed by atoms with van der Waals surface area (Å²) in [7, 11) is 2.86. The molecule has 112 valence electrons. The Balaban J connectivity index is 2.60. The van der Waals surface area contributed by atoms with Crippen molar-refractivity contribution in [1.29, 1.82) is 0 Å². The van der Waals surface area contributed by atoms with Gasteiger partial charge in [0.05, 0.1) is 19.8 Å². The van der Waals surface area contributed by atoms with Crippen LogP contribution in [0.2, 0.25) is 0 Å². The van der Waals surface area contributed by atoms with Crippen LogP contribution in [0.1, 0.15) is 22.8 Å². The van der Waals surface area contributed by atoms with Crippen LogP contribution in [0.4, 0.5) is 8.78 Å². The van der Waals surface area contributed by atoms with Crippen LogP contribution in [0.3, 0.4) is 0 Å². The monoisotopic (exact) mass is 294 g/mol. The maximum absolute atomic E-state index is 14.1. The first-order chi connectivity index (χ1) is 10.0. The fraction of sp³-hybridized carbons (Fsp3) is 0.250. The third-order valence-corrected chi connectivity index (χ3v) is 3.34. The van der Waals surface area contributed by atoms with Crippen LogP contribution in [-0.4, -0.2) is 19.3 Å². The molecule has 0 heterocycles. The van der Waals surface area contributed by atoms with Crippen molar-refractivity contribution < 1.29 is 23.4 Å². The predicted molar refractivity (Wildman–Crippen MR) is 74.7 cm³/mol. The number of aryl methyl sites for hydroxylation is 1. The molecule has 0 saturated heterocycles. The second-order valence-electron chi connectivity index (χ2n) is 4.58. The molecule has 0 aliphatic rings. The lowest BCUT2D eigenvalue weighted by Gasteiger charge is -2.19. The van der Waals surface area contributed by atoms with Crippen molar-refractivity contribution in [2.24, 2.45) is 0 Å². The standard InChI is InChI=1S/C16H16F2O3/c1-9-7-8-10(15(18)14(9)17)16(19)13-11(20-2)5-4-6-12(13)21-3/h4-8,16,19H,1-3H3. The lowest BCUT2D eigenvalue weighted by molar-refractivity contribution is 0.202. The molecule has 0 saturated carbocycles. The van der Waals surface area contributed by atoms with Crippen molar-refractivity contribution in [1.82, 2.24) is 0 Å². The smallest absolute Gasteiger partial charge is 0.165 e. The summed E-state index contributed by atoms with van der Waals surface area (Å²) in [4.78, 5) is 0. The fourth-order valence-corrected chi connectivity index (χ4v) is 2.18. The highest BCUT2D eigenvalue weighted by Crippen LogP contribution is 2.38. The second kappa shape index (κ2) is 6.10. The summed E-state index contributed by atoms with van der Waals surface area (Å²) in [5, 5.41) is 10.4. The molecule has 1 atom stereocenters. The third kappa shape index (κ3) is 2.69. The SMILES string of the molecule is COc1cccc(OC)c1C(O)c1ccc(C)c(F)c1F. The van der Waals surface area contributed by atoms with Gasteiger partial charge in [-0.2, -0.15) is 0 Å². The van der Waals surface area contributed by atoms with E-state index < -0.39 is 17.7 Å². The fourth-order valence-electron chi connectivity index (χ4n) is 2.18. The Bertz CT molecular complexity index is 634. The van der Waals surface area contributed by atoms with E-state index in [0.29, 0.717) is 11.5 Å². The zero-order chi connectivity index (χ0) is 15.6. The van der Waals surface area contributed by atoms with E-state index in [2.05, 4.69) is 0 Å². The quantitative estimate of drug-likeness (QED) is 0.939. The molecule has 0 amide bonds. The molecule has 5 heteroatoms. The molecule has 3 nitrogen and oxygen atoms in total. The van der Waals surface area contributed by atoms with Gasteiger partial charge in [0.15, 0.2) is 11.6 Å². The number of hydrogen-bond donors (Lipinski definition) is 1. The molecular formula is C16H16F2O3. The van der Waals surface area contributed by atoms with Gasteiger partial charge >= 0.3 is 0 Å². The number of aliphatic hydroxyl groups excluding tert-OH is 1. The molecule has 0 fully saturated rings. The van der Waals surface area contributed by atoms with Crippen molar-refractivity contribution >= 4 is 0 Å². The molecule has 2 rings (SSSR count). The summed E-state index contributed by atoms with van der Waals surface area (Å²) in [6.45, 7) is 1.46. The Labute approximate surface area is 121 Å². The van der Waals surface area contributed by atoms with Crippen LogP contribution in [0.25, 0.3) is 0 Å². The van der Waals surface area contributed by atoms with Crippen LogP contribution >= 0.6 is 0 Å². The minimum Gasteiger partial charge on any atom is -0.496 e. The maximum atomic E-state index is 14.1. The summed E-state index contributed by atoms with van der Waals surface area (Å²) in [5.41, 5.74) is 0.265. The highest BCUT2D eigenvalue weighted by Gasteiger charge is 2.25. The van der Waals surface area contributed by atoms with E-state index in [1.807, 2.05) is 0 Å². The molecular weight excluding hydrogens is 278 g/mol. The van der Waals surface area contributed by atoms with Crippen LogP contribution < -0.4 is 9.47 Å². The highest BCUT2D eigenvalue weighted by atomic mass is 19.2. The molecule has 0 radical (unpaired) electrons. The zero-order valence-electron chi connectivity index (χ0n) is 12.0. The average molecular weight is 294 g/mol. The molecule has 2 aromatic rings. The number of aliphatic hydroxyl groups is 1. The van der Waals surface area contributed by atoms with Gasteiger partial charge in [-0.3, -0.25) is 0 Å². The largest absolute Gasteiger partial charge is 0.496 e. The average Bonchev–Trinajstić information content (AvgIpc) is 2.51. The maximum Gasteiger partial charge on any atom is 0.165 e. The number of hydrogen-bond acceptors (Lipinski definition) is 3. The van der Waals surface area contributed by atoms with Crippen molar-refractivity contribution in [3.05, 3.63) is 58.7 Å². The van der Waals surface area contributed by atoms with Crippen molar-refractivity contribution in [3.63, 3.8) is 0 Å². The Kier molecular flexibility index (Phi) is 4.43. The van der Waals surface area contributed by atoms with Crippen LogP contribution in [0.15, 0.2) is 30.3 Å². The van der Waals surface area contributed by atoms with E-state index in [9.17, 15) is 13.9 Å². The Morgan fingerprint density at radius 3 is 2.05 bits per heavy atom. The molecule has 1 N–H and O–H groups in total. The Morgan fingerprint density at radius 1 is 0.952 bits per heavy atom. The first kappa shape index (κ1) is 15.3. The zero-order valence-corrected chi connectivity index (χ0v) is 12.0. The summed E-state index contributed by atoms with van der Waals surface area (Å²) < 4.78 is 38.1. The summed E-state index contributed by atoms with van der Waals surface area (Å²) in [5.74, 6) is -1.37. The molecule has 0 aliphatic carbocycles. The van der Waals surface area contributed by atoms with E-state index in [1.54, 1.807) is 18.2 Å². The van der Waals surface area contributed by atoms with E-state index in [-0.39, 0.29) is 16.7 Å². The van der Waals surface area contributed by atoms with E-state index >= 15 is 0 Å². The molecule has 21 heavy (non-hydrogen) atoms. The minimum absolute atomic E-state index is 0.166. The number of benzene rings is 2. The molecule has 0 aromatic heterocycles. The molecule has 0 bridgehead atoms. The predicted octanol–water partition coefficient (Wildman–Crippen LogP) is 3.37. The van der Waals surface area contributed by atoms with Gasteiger partial charge in [-0.15, -0.1) is 0 Å². The van der Waals surface area contributed by atoms with Gasteiger partial charge < -0.3 is 14.6 Å². The highest BCUT2D eigenvalue weighted by molar-refractivity contribution is 5.50. The topological polar surface area (TPSA) is 38.7 Å². The van der Waals surface area contributed by atoms with Gasteiger partial charge in [0.2, 0.25) is 0 Å². The van der Waals surface area contributed by atoms with Crippen molar-refractivity contribution in [2.45, 2.75) is 13.0 Å². The molecule has 2 aromatic carbocycles. The third-order valence-electron chi connectivity index (χ3n) is 3.34. The lowest BCUT2D eigenvalue weighted by atomic mass is 9.98. The second-order valence-corrected chi connectivity index (χ2v) is 4.58. The van der Waals surface area contributed by atoms with Gasteiger partial charge in [0, 0.05) is 5.56 Å². The normalized spacial score (nSPS) is 12.1. The summed E-state index contributed by atoms with van der Waals surface area (Å²) in [6.07, 6.45) is -1.40. The Hall–Kier alpha value is -2.14. The lowest BCUT2D eigenvalue weighted by Crippen LogP contribution is -2.08. The van der Waals surface area contributed by atoms with Gasteiger partial charge in [0.1, 0.15) is 17.6 Å². The number of rotatable bonds is 4. The van der Waals surface area contributed by atoms with Gasteiger partial charge in [-0.1, -0.05) is 18.2 Å². The van der Waals surface area contributed by atoms with E-state index in [1.165, 1.54) is 33.3 Å². The van der Waals surface area contributed by atoms with E-state index in [4.69, 9.17) is 9.47 Å². The van der Waals surface area contributed by atoms with Crippen LogP contribution in [-0.2, 0) is 0 Å². The first-order valence-corrected chi connectivity index (χ1v) is 6.34. The van der Waals surface area contributed by atoms with Gasteiger partial charge in [-0.05, 0) is 24.6 Å². The van der Waals surface area contributed by atoms with Crippen molar-refractivity contribution in [2.75, 3.05) is 14.2 Å².